The molecule has 0 aliphatic rings. The molecule has 0 aromatic heterocycles. The third kappa shape index (κ3) is 5.99. The van der Waals surface area contributed by atoms with Crippen LogP contribution in [0.3, 0.4) is 0 Å². The van der Waals surface area contributed by atoms with Crippen molar-refractivity contribution in [2.75, 3.05) is 18.1 Å². The number of amides is 1. The van der Waals surface area contributed by atoms with E-state index in [4.69, 9.17) is 0 Å². The Kier molecular flexibility index (Phi) is 6.33. The maximum absolute atomic E-state index is 12.3. The minimum absolute atomic E-state index is 0.169. The van der Waals surface area contributed by atoms with Crippen molar-refractivity contribution in [3.05, 3.63) is 65.2 Å². The van der Waals surface area contributed by atoms with Crippen LogP contribution in [0.4, 0.5) is 5.69 Å². The lowest BCUT2D eigenvalue weighted by Crippen LogP contribution is -2.36. The molecule has 0 saturated heterocycles. The van der Waals surface area contributed by atoms with E-state index in [2.05, 4.69) is 12.2 Å². The number of carbonyl (C=O) groups excluding carboxylic acids is 1. The molecule has 0 aliphatic heterocycles. The van der Waals surface area contributed by atoms with E-state index in [1.807, 2.05) is 55.5 Å². The van der Waals surface area contributed by atoms with Crippen molar-refractivity contribution < 1.29 is 13.2 Å². The standard InChI is InChI=1S/C19H24N2O3S/c1-4-16-8-10-18(11-9-16)20-19(22)14-21(25(3,23)24)13-17-7-5-6-15(2)12-17/h5-12H,4,13-14H2,1-3H3,(H,20,22). The maximum Gasteiger partial charge on any atom is 0.239 e. The summed E-state index contributed by atoms with van der Waals surface area (Å²) in [6, 6.07) is 15.1. The number of rotatable bonds is 7. The molecule has 2 aromatic carbocycles. The number of sulfonamides is 1. The molecule has 5 nitrogen and oxygen atoms in total. The van der Waals surface area contributed by atoms with Crippen LogP contribution in [0.15, 0.2) is 48.5 Å². The zero-order valence-electron chi connectivity index (χ0n) is 14.8. The molecule has 0 radical (unpaired) electrons. The molecule has 0 atom stereocenters. The summed E-state index contributed by atoms with van der Waals surface area (Å²) in [5, 5.41) is 2.75. The Labute approximate surface area is 149 Å². The SMILES string of the molecule is CCc1ccc(NC(=O)CN(Cc2cccc(C)c2)S(C)(=O)=O)cc1. The number of anilines is 1. The molecule has 0 saturated carbocycles. The van der Waals surface area contributed by atoms with Gasteiger partial charge in [-0.05, 0) is 36.6 Å². The summed E-state index contributed by atoms with van der Waals surface area (Å²) in [4.78, 5) is 12.3. The topological polar surface area (TPSA) is 66.5 Å². The Morgan fingerprint density at radius 3 is 2.32 bits per heavy atom. The molecule has 1 amide bonds. The monoisotopic (exact) mass is 360 g/mol. The first-order valence-electron chi connectivity index (χ1n) is 8.17. The van der Waals surface area contributed by atoms with Crippen LogP contribution in [0.2, 0.25) is 0 Å². The fraction of sp³-hybridized carbons (Fsp3) is 0.316. The molecule has 0 spiro atoms. The third-order valence-electron chi connectivity index (χ3n) is 3.88. The predicted octanol–water partition coefficient (Wildman–Crippen LogP) is 2.96. The number of aryl methyl sites for hydroxylation is 2. The Balaban J connectivity index is 2.07. The zero-order chi connectivity index (χ0) is 18.4. The Morgan fingerprint density at radius 2 is 1.76 bits per heavy atom. The second kappa shape index (κ2) is 8.27. The number of benzene rings is 2. The highest BCUT2D eigenvalue weighted by Crippen LogP contribution is 2.13. The van der Waals surface area contributed by atoms with E-state index in [0.717, 1.165) is 23.8 Å². The van der Waals surface area contributed by atoms with Gasteiger partial charge in [0.15, 0.2) is 0 Å². The van der Waals surface area contributed by atoms with Crippen LogP contribution in [0.1, 0.15) is 23.6 Å². The highest BCUT2D eigenvalue weighted by molar-refractivity contribution is 7.88. The van der Waals surface area contributed by atoms with Crippen LogP contribution >= 0.6 is 0 Å². The Bertz CT molecular complexity index is 830. The van der Waals surface area contributed by atoms with Crippen molar-refractivity contribution in [1.82, 2.24) is 4.31 Å². The summed E-state index contributed by atoms with van der Waals surface area (Å²) in [7, 11) is -3.50. The normalized spacial score (nSPS) is 11.5. The predicted molar refractivity (Wildman–Crippen MR) is 101 cm³/mol. The molecular formula is C19H24N2O3S. The fourth-order valence-electron chi connectivity index (χ4n) is 2.49. The summed E-state index contributed by atoms with van der Waals surface area (Å²) >= 11 is 0. The maximum atomic E-state index is 12.3. The van der Waals surface area contributed by atoms with Crippen molar-refractivity contribution in [2.24, 2.45) is 0 Å². The first-order valence-corrected chi connectivity index (χ1v) is 10.0. The van der Waals surface area contributed by atoms with E-state index in [-0.39, 0.29) is 19.0 Å². The van der Waals surface area contributed by atoms with Gasteiger partial charge >= 0.3 is 0 Å². The molecular weight excluding hydrogens is 336 g/mol. The van der Waals surface area contributed by atoms with Gasteiger partial charge in [0.1, 0.15) is 0 Å². The van der Waals surface area contributed by atoms with Crippen LogP contribution in [0.5, 0.6) is 0 Å². The van der Waals surface area contributed by atoms with Gasteiger partial charge in [-0.1, -0.05) is 48.9 Å². The van der Waals surface area contributed by atoms with Crippen molar-refractivity contribution >= 4 is 21.6 Å². The highest BCUT2D eigenvalue weighted by Gasteiger charge is 2.20. The zero-order valence-corrected chi connectivity index (χ0v) is 15.6. The van der Waals surface area contributed by atoms with Gasteiger partial charge in [-0.15, -0.1) is 0 Å². The quantitative estimate of drug-likeness (QED) is 0.825. The molecule has 6 heteroatoms. The lowest BCUT2D eigenvalue weighted by molar-refractivity contribution is -0.116. The van der Waals surface area contributed by atoms with Crippen molar-refractivity contribution in [3.63, 3.8) is 0 Å². The molecule has 2 aromatic rings. The Hall–Kier alpha value is -2.18. The van der Waals surface area contributed by atoms with E-state index in [0.29, 0.717) is 5.69 Å². The summed E-state index contributed by atoms with van der Waals surface area (Å²) in [6.07, 6.45) is 2.04. The average Bonchev–Trinajstić information content (AvgIpc) is 2.54. The molecule has 1 N–H and O–H groups in total. The van der Waals surface area contributed by atoms with Gasteiger partial charge in [0, 0.05) is 12.2 Å². The van der Waals surface area contributed by atoms with Crippen LogP contribution in [0.25, 0.3) is 0 Å². The average molecular weight is 360 g/mol. The smallest absolute Gasteiger partial charge is 0.239 e. The number of nitrogens with one attached hydrogen (secondary N) is 1. The lowest BCUT2D eigenvalue weighted by Gasteiger charge is -2.20. The minimum atomic E-state index is -3.50. The van der Waals surface area contributed by atoms with Crippen LogP contribution in [0, 0.1) is 6.92 Å². The van der Waals surface area contributed by atoms with Gasteiger partial charge in [0.2, 0.25) is 15.9 Å². The second-order valence-electron chi connectivity index (χ2n) is 6.12. The molecule has 0 unspecified atom stereocenters. The third-order valence-corrected chi connectivity index (χ3v) is 5.07. The van der Waals surface area contributed by atoms with E-state index < -0.39 is 10.0 Å². The summed E-state index contributed by atoms with van der Waals surface area (Å²) < 4.78 is 25.3. The minimum Gasteiger partial charge on any atom is -0.325 e. The number of hydrogen-bond acceptors (Lipinski definition) is 3. The molecule has 0 fully saturated rings. The van der Waals surface area contributed by atoms with Gasteiger partial charge in [0.05, 0.1) is 12.8 Å². The number of carbonyl (C=O) groups is 1. The molecule has 0 aliphatic carbocycles. The largest absolute Gasteiger partial charge is 0.325 e. The molecule has 0 bridgehead atoms. The lowest BCUT2D eigenvalue weighted by atomic mass is 10.1. The van der Waals surface area contributed by atoms with Crippen molar-refractivity contribution in [3.8, 4) is 0 Å². The first-order chi connectivity index (χ1) is 11.8. The van der Waals surface area contributed by atoms with Gasteiger partial charge in [-0.3, -0.25) is 4.79 Å². The fourth-order valence-corrected chi connectivity index (χ4v) is 3.22. The number of hydrogen-bond donors (Lipinski definition) is 1. The summed E-state index contributed by atoms with van der Waals surface area (Å²) in [5.74, 6) is -0.359. The van der Waals surface area contributed by atoms with Gasteiger partial charge in [0.25, 0.3) is 0 Å². The number of nitrogens with zero attached hydrogens (tertiary/aromatic N) is 1. The second-order valence-corrected chi connectivity index (χ2v) is 8.10. The molecule has 134 valence electrons. The summed E-state index contributed by atoms with van der Waals surface area (Å²) in [5.41, 5.74) is 3.73. The van der Waals surface area contributed by atoms with Crippen molar-refractivity contribution in [1.29, 1.82) is 0 Å². The summed E-state index contributed by atoms with van der Waals surface area (Å²) in [6.45, 7) is 3.95. The van der Waals surface area contributed by atoms with E-state index >= 15 is 0 Å². The van der Waals surface area contributed by atoms with Crippen LogP contribution in [-0.4, -0.2) is 31.4 Å². The van der Waals surface area contributed by atoms with Crippen LogP contribution < -0.4 is 5.32 Å². The van der Waals surface area contributed by atoms with Gasteiger partial charge in [-0.2, -0.15) is 4.31 Å². The van der Waals surface area contributed by atoms with E-state index in [1.54, 1.807) is 0 Å². The van der Waals surface area contributed by atoms with Crippen molar-refractivity contribution in [2.45, 2.75) is 26.8 Å². The van der Waals surface area contributed by atoms with Crippen LogP contribution in [-0.2, 0) is 27.8 Å². The van der Waals surface area contributed by atoms with E-state index in [9.17, 15) is 13.2 Å². The van der Waals surface area contributed by atoms with Gasteiger partial charge < -0.3 is 5.32 Å². The molecule has 0 heterocycles. The van der Waals surface area contributed by atoms with E-state index in [1.165, 1.54) is 9.87 Å². The van der Waals surface area contributed by atoms with Gasteiger partial charge in [-0.25, -0.2) is 8.42 Å². The Morgan fingerprint density at radius 1 is 1.08 bits per heavy atom. The first kappa shape index (κ1) is 19.1. The highest BCUT2D eigenvalue weighted by atomic mass is 32.2. The molecule has 25 heavy (non-hydrogen) atoms. The molecule has 2 rings (SSSR count).